The molecule has 0 spiro atoms. The first-order chi connectivity index (χ1) is 15.0. The summed E-state index contributed by atoms with van der Waals surface area (Å²) in [6, 6.07) is 22.0. The molecule has 0 bridgehead atoms. The Hall–Kier alpha value is -2.41. The summed E-state index contributed by atoms with van der Waals surface area (Å²) in [5.74, 6) is 1.26. The molecule has 3 aromatic rings. The molecule has 1 heteroatoms. The number of aromatic nitrogens is 1. The highest BCUT2D eigenvalue weighted by molar-refractivity contribution is 5.70. The van der Waals surface area contributed by atoms with E-state index < -0.39 is 5.89 Å². The lowest BCUT2D eigenvalue weighted by molar-refractivity contribution is -0.660. The fraction of sp³-hybridized carbons (Fsp3) is 0.414. The van der Waals surface area contributed by atoms with Crippen molar-refractivity contribution in [2.45, 2.75) is 57.8 Å². The van der Waals surface area contributed by atoms with Gasteiger partial charge in [0.25, 0.3) is 0 Å². The van der Waals surface area contributed by atoms with Crippen LogP contribution in [-0.4, -0.2) is 0 Å². The lowest BCUT2D eigenvalue weighted by Crippen LogP contribution is -2.30. The number of nitrogens with zero attached hydrogens (tertiary/aromatic N) is 1. The average molecular weight is 398 g/mol. The van der Waals surface area contributed by atoms with E-state index in [0.29, 0.717) is 0 Å². The predicted molar refractivity (Wildman–Crippen MR) is 125 cm³/mol. The summed E-state index contributed by atoms with van der Waals surface area (Å²) in [6.07, 6.45) is 11.0. The summed E-state index contributed by atoms with van der Waals surface area (Å²) in [7, 11) is 2.11. The van der Waals surface area contributed by atoms with Crippen molar-refractivity contribution in [3.05, 3.63) is 78.0 Å². The molecular formula is C29H34N+. The zero-order chi connectivity index (χ0) is 21.4. The molecule has 0 N–H and O–H groups in total. The van der Waals surface area contributed by atoms with E-state index in [9.17, 15) is 1.37 Å². The molecule has 0 aliphatic heterocycles. The van der Waals surface area contributed by atoms with Gasteiger partial charge in [0.15, 0.2) is 6.20 Å². The van der Waals surface area contributed by atoms with Crippen LogP contribution in [0.1, 0.15) is 63.3 Å². The van der Waals surface area contributed by atoms with E-state index in [0.717, 1.165) is 24.7 Å². The molecule has 2 aliphatic rings. The first-order valence-electron chi connectivity index (χ1n) is 12.2. The van der Waals surface area contributed by atoms with Crippen molar-refractivity contribution in [3.8, 4) is 22.4 Å². The molecule has 1 nitrogen and oxygen atoms in total. The molecule has 2 aliphatic carbocycles. The van der Waals surface area contributed by atoms with Gasteiger partial charge >= 0.3 is 0 Å². The molecule has 2 fully saturated rings. The molecule has 2 saturated carbocycles. The number of hydrogen-bond donors (Lipinski definition) is 0. The fourth-order valence-corrected chi connectivity index (χ4v) is 5.75. The highest BCUT2D eigenvalue weighted by atomic mass is 14.9. The van der Waals surface area contributed by atoms with Crippen LogP contribution in [0.15, 0.2) is 66.9 Å². The summed E-state index contributed by atoms with van der Waals surface area (Å²) < 4.78 is 11.5. The first kappa shape index (κ1) is 18.4. The first-order valence-corrected chi connectivity index (χ1v) is 11.7. The standard InChI is InChI=1S/C29H34N/c1-21-7-3-6-10-28(21)29-20-27(17-18-30(29)2)24-13-11-23(12-14-24)26-16-15-22-8-4-5-9-25(22)19-26/h3,6-7,10-14,17-18,20,22,25-26H,4-5,8-9,15-16,19H2,1-2H3/q+1/t22-,25-,26?/m0/s1/i26D. The Labute approximate surface area is 183 Å². The van der Waals surface area contributed by atoms with Crippen LogP contribution < -0.4 is 4.57 Å². The SMILES string of the molecule is [2H]C1(c2ccc(-c3cc[n+](C)c(-c4ccccc4C)c3)cc2)CC[C@@H]2CCCC[C@H]2C1. The van der Waals surface area contributed by atoms with Crippen molar-refractivity contribution < 1.29 is 5.94 Å². The second kappa shape index (κ2) is 8.38. The fourth-order valence-electron chi connectivity index (χ4n) is 5.75. The van der Waals surface area contributed by atoms with E-state index >= 15 is 0 Å². The maximum Gasteiger partial charge on any atom is 0.213 e. The molecule has 0 radical (unpaired) electrons. The van der Waals surface area contributed by atoms with Crippen molar-refractivity contribution >= 4 is 0 Å². The molecular weight excluding hydrogens is 362 g/mol. The second-order valence-electron chi connectivity index (χ2n) is 9.45. The van der Waals surface area contributed by atoms with E-state index in [2.05, 4.69) is 85.4 Å². The lowest BCUT2D eigenvalue weighted by Gasteiger charge is -2.39. The normalized spacial score (nSPS) is 26.7. The zero-order valence-corrected chi connectivity index (χ0v) is 18.4. The van der Waals surface area contributed by atoms with Gasteiger partial charge in [0.1, 0.15) is 7.05 Å². The van der Waals surface area contributed by atoms with E-state index in [1.165, 1.54) is 65.6 Å². The van der Waals surface area contributed by atoms with E-state index in [1.807, 2.05) is 0 Å². The van der Waals surface area contributed by atoms with Crippen LogP contribution >= 0.6 is 0 Å². The predicted octanol–water partition coefficient (Wildman–Crippen LogP) is 7.23. The van der Waals surface area contributed by atoms with Gasteiger partial charge < -0.3 is 0 Å². The van der Waals surface area contributed by atoms with Crippen LogP contribution in [0.2, 0.25) is 0 Å². The van der Waals surface area contributed by atoms with Crippen LogP contribution in [0, 0.1) is 18.8 Å². The van der Waals surface area contributed by atoms with Gasteiger partial charge in [-0.25, -0.2) is 4.57 Å². The summed E-state index contributed by atoms with van der Waals surface area (Å²) >= 11 is 0. The number of hydrogen-bond acceptors (Lipinski definition) is 0. The summed E-state index contributed by atoms with van der Waals surface area (Å²) in [5, 5.41) is 0. The third-order valence-corrected chi connectivity index (χ3v) is 7.59. The molecule has 30 heavy (non-hydrogen) atoms. The average Bonchev–Trinajstić information content (AvgIpc) is 2.80. The third-order valence-electron chi connectivity index (χ3n) is 7.59. The van der Waals surface area contributed by atoms with Crippen LogP contribution in [0.4, 0.5) is 0 Å². The molecule has 1 unspecified atom stereocenters. The number of rotatable bonds is 3. The molecule has 5 rings (SSSR count). The van der Waals surface area contributed by atoms with Crippen molar-refractivity contribution in [2.24, 2.45) is 18.9 Å². The highest BCUT2D eigenvalue weighted by Crippen LogP contribution is 2.46. The molecule has 2 aromatic carbocycles. The number of fused-ring (bicyclic) bond motifs is 1. The van der Waals surface area contributed by atoms with Crippen LogP contribution in [0.25, 0.3) is 22.4 Å². The minimum Gasteiger partial charge on any atom is -0.201 e. The Bertz CT molecular complexity index is 1070. The Morgan fingerprint density at radius 2 is 1.60 bits per heavy atom. The van der Waals surface area contributed by atoms with Crippen LogP contribution in [0.5, 0.6) is 0 Å². The molecule has 0 amide bonds. The summed E-state index contributed by atoms with van der Waals surface area (Å²) in [6.45, 7) is 2.17. The van der Waals surface area contributed by atoms with Gasteiger partial charge in [-0.05, 0) is 72.2 Å². The van der Waals surface area contributed by atoms with Gasteiger partial charge in [0, 0.05) is 19.1 Å². The number of aryl methyl sites for hydroxylation is 2. The Morgan fingerprint density at radius 1 is 0.833 bits per heavy atom. The number of pyridine rings is 1. The van der Waals surface area contributed by atoms with Crippen LogP contribution in [0.3, 0.4) is 0 Å². The van der Waals surface area contributed by atoms with E-state index in [-0.39, 0.29) is 0 Å². The van der Waals surface area contributed by atoms with Crippen LogP contribution in [-0.2, 0) is 7.05 Å². The monoisotopic (exact) mass is 397 g/mol. The molecule has 0 saturated heterocycles. The maximum absolute atomic E-state index is 9.25. The summed E-state index contributed by atoms with van der Waals surface area (Å²) in [5.41, 5.74) is 7.47. The minimum absolute atomic E-state index is 0.396. The van der Waals surface area contributed by atoms with Gasteiger partial charge in [-0.15, -0.1) is 0 Å². The topological polar surface area (TPSA) is 3.88 Å². The Balaban J connectivity index is 1.42. The van der Waals surface area contributed by atoms with Gasteiger partial charge in [-0.1, -0.05) is 68.1 Å². The van der Waals surface area contributed by atoms with Crippen molar-refractivity contribution in [1.82, 2.24) is 0 Å². The van der Waals surface area contributed by atoms with Gasteiger partial charge in [-0.2, -0.15) is 0 Å². The molecule has 3 atom stereocenters. The van der Waals surface area contributed by atoms with E-state index in [4.69, 9.17) is 0 Å². The van der Waals surface area contributed by atoms with Crippen molar-refractivity contribution in [1.29, 1.82) is 0 Å². The van der Waals surface area contributed by atoms with Gasteiger partial charge in [0.2, 0.25) is 5.69 Å². The van der Waals surface area contributed by atoms with Crippen molar-refractivity contribution in [2.75, 3.05) is 0 Å². The zero-order valence-electron chi connectivity index (χ0n) is 19.4. The Kier molecular flexibility index (Phi) is 5.13. The highest BCUT2D eigenvalue weighted by Gasteiger charge is 2.32. The number of benzene rings is 2. The Morgan fingerprint density at radius 3 is 2.40 bits per heavy atom. The summed E-state index contributed by atoms with van der Waals surface area (Å²) in [4.78, 5) is 0. The lowest BCUT2D eigenvalue weighted by atomic mass is 9.66. The largest absolute Gasteiger partial charge is 0.213 e. The molecule has 1 heterocycles. The maximum atomic E-state index is 9.25. The van der Waals surface area contributed by atoms with Gasteiger partial charge in [-0.3, -0.25) is 0 Å². The van der Waals surface area contributed by atoms with Gasteiger partial charge in [0.05, 0.1) is 0 Å². The minimum atomic E-state index is -0.396. The molecule has 1 aromatic heterocycles. The third kappa shape index (κ3) is 3.83. The molecule has 154 valence electrons. The second-order valence-corrected chi connectivity index (χ2v) is 9.45. The smallest absolute Gasteiger partial charge is 0.201 e. The van der Waals surface area contributed by atoms with Crippen molar-refractivity contribution in [3.63, 3.8) is 0 Å². The van der Waals surface area contributed by atoms with E-state index in [1.54, 1.807) is 0 Å². The quantitative estimate of drug-likeness (QED) is 0.411.